The van der Waals surface area contributed by atoms with Crippen molar-refractivity contribution in [1.82, 2.24) is 5.32 Å². The minimum absolute atomic E-state index is 0.117. The number of nitrogens with zero attached hydrogens (tertiary/aromatic N) is 1. The number of rotatable bonds is 6. The molecule has 31 heavy (non-hydrogen) atoms. The molecular formula is C22H23ClF2N2O3S. The second-order valence-corrected chi connectivity index (χ2v) is 9.94. The molecule has 1 saturated heterocycles. The van der Waals surface area contributed by atoms with E-state index in [1.165, 1.54) is 30.3 Å². The van der Waals surface area contributed by atoms with Crippen LogP contribution in [0.3, 0.4) is 0 Å². The molecule has 0 bridgehead atoms. The number of carbonyl (C=O) groups is 1. The van der Waals surface area contributed by atoms with Crippen LogP contribution < -0.4 is 10.2 Å². The smallest absolute Gasteiger partial charge is 0.254 e. The molecule has 0 aliphatic carbocycles. The lowest BCUT2D eigenvalue weighted by Gasteiger charge is -2.28. The molecule has 1 N–H and O–H groups in total. The van der Waals surface area contributed by atoms with Crippen molar-refractivity contribution in [2.75, 3.05) is 17.7 Å². The molecule has 0 aromatic heterocycles. The summed E-state index contributed by atoms with van der Waals surface area (Å²) in [6, 6.07) is 7.90. The fourth-order valence-corrected chi connectivity index (χ4v) is 4.45. The Kier molecular flexibility index (Phi) is 7.01. The third-order valence-corrected chi connectivity index (χ3v) is 6.06. The number of hydrogen-bond donors (Lipinski definition) is 1. The van der Waals surface area contributed by atoms with Crippen LogP contribution in [-0.2, 0) is 9.84 Å². The van der Waals surface area contributed by atoms with Crippen LogP contribution in [0.5, 0.6) is 0 Å². The third kappa shape index (κ3) is 5.83. The van der Waals surface area contributed by atoms with Crippen molar-refractivity contribution in [2.45, 2.75) is 31.8 Å². The molecule has 0 radical (unpaired) electrons. The molecule has 0 unspecified atom stereocenters. The predicted molar refractivity (Wildman–Crippen MR) is 118 cm³/mol. The Bertz CT molecular complexity index is 1120. The highest BCUT2D eigenvalue weighted by Gasteiger charge is 2.29. The number of nitrogens with one attached hydrogen (secondary N) is 1. The topological polar surface area (TPSA) is 66.5 Å². The number of sulfone groups is 1. The van der Waals surface area contributed by atoms with E-state index >= 15 is 0 Å². The monoisotopic (exact) mass is 468 g/mol. The van der Waals surface area contributed by atoms with Crippen molar-refractivity contribution in [3.63, 3.8) is 0 Å². The van der Waals surface area contributed by atoms with Crippen LogP contribution in [0.4, 0.5) is 14.5 Å². The summed E-state index contributed by atoms with van der Waals surface area (Å²) in [6.07, 6.45) is 4.02. The largest absolute Gasteiger partial charge is 0.364 e. The molecule has 1 fully saturated rings. The molecule has 1 heterocycles. The zero-order valence-corrected chi connectivity index (χ0v) is 18.7. The van der Waals surface area contributed by atoms with Crippen LogP contribution in [0.15, 0.2) is 47.9 Å². The highest BCUT2D eigenvalue weighted by molar-refractivity contribution is 7.93. The molecule has 1 amide bonds. The Hall–Kier alpha value is -2.45. The highest BCUT2D eigenvalue weighted by atomic mass is 35.5. The first-order valence-corrected chi connectivity index (χ1v) is 12.1. The summed E-state index contributed by atoms with van der Waals surface area (Å²) in [5.74, 6) is -1.75. The van der Waals surface area contributed by atoms with Crippen molar-refractivity contribution in [2.24, 2.45) is 0 Å². The zero-order valence-electron chi connectivity index (χ0n) is 17.1. The molecule has 2 aromatic carbocycles. The fourth-order valence-electron chi connectivity index (χ4n) is 3.63. The first-order valence-electron chi connectivity index (χ1n) is 9.75. The lowest BCUT2D eigenvalue weighted by molar-refractivity contribution is 0.0943. The maximum atomic E-state index is 14.8. The van der Waals surface area contributed by atoms with Crippen LogP contribution in [0, 0.1) is 11.6 Å². The lowest BCUT2D eigenvalue weighted by Crippen LogP contribution is -2.32. The molecule has 1 aliphatic rings. The van der Waals surface area contributed by atoms with E-state index in [-0.39, 0.29) is 11.6 Å². The average molecular weight is 469 g/mol. The van der Waals surface area contributed by atoms with E-state index in [1.807, 2.05) is 4.90 Å². The van der Waals surface area contributed by atoms with Gasteiger partial charge in [0.2, 0.25) is 0 Å². The Morgan fingerprint density at radius 1 is 1.26 bits per heavy atom. The third-order valence-electron chi connectivity index (χ3n) is 5.08. The van der Waals surface area contributed by atoms with E-state index in [0.717, 1.165) is 30.1 Å². The summed E-state index contributed by atoms with van der Waals surface area (Å²) >= 11 is 6.23. The van der Waals surface area contributed by atoms with Gasteiger partial charge in [-0.25, -0.2) is 17.2 Å². The van der Waals surface area contributed by atoms with E-state index in [0.29, 0.717) is 17.3 Å². The summed E-state index contributed by atoms with van der Waals surface area (Å²) in [6.45, 7) is 2.27. The minimum Gasteiger partial charge on any atom is -0.364 e. The van der Waals surface area contributed by atoms with Crippen LogP contribution in [0.25, 0.3) is 0 Å². The normalized spacial score (nSPS) is 17.8. The number of anilines is 1. The Morgan fingerprint density at radius 3 is 2.65 bits per heavy atom. The number of carbonyl (C=O) groups excluding carboxylic acids is 1. The summed E-state index contributed by atoms with van der Waals surface area (Å²) in [5.41, 5.74) is 1.23. The second-order valence-electron chi connectivity index (χ2n) is 7.60. The number of halogens is 3. The standard InChI is InChI=1S/C22H23ClF2N2O3S/c1-14(9-11-31(2,29)30)26-22(28)18-8-6-16(13-20(18)25)27-10-3-4-21(27)17-7-5-15(24)12-19(17)23/h5-9,11-14,21H,3-4,10H2,1-2H3,(H,26,28)/b11-9+/t14-,21+/m1/s1. The average Bonchev–Trinajstić information content (AvgIpc) is 3.15. The predicted octanol–water partition coefficient (Wildman–Crippen LogP) is 4.64. The number of hydrogen-bond acceptors (Lipinski definition) is 4. The van der Waals surface area contributed by atoms with Gasteiger partial charge in [-0.3, -0.25) is 4.79 Å². The molecule has 5 nitrogen and oxygen atoms in total. The molecule has 166 valence electrons. The Labute approximate surface area is 185 Å². The van der Waals surface area contributed by atoms with Crippen molar-refractivity contribution >= 4 is 33.0 Å². The van der Waals surface area contributed by atoms with Gasteiger partial charge in [0.25, 0.3) is 5.91 Å². The maximum Gasteiger partial charge on any atom is 0.254 e. The molecule has 2 aromatic rings. The van der Waals surface area contributed by atoms with Crippen molar-refractivity contribution < 1.29 is 22.0 Å². The van der Waals surface area contributed by atoms with Gasteiger partial charge in [-0.15, -0.1) is 0 Å². The molecule has 2 atom stereocenters. The van der Waals surface area contributed by atoms with Gasteiger partial charge in [0.1, 0.15) is 11.6 Å². The van der Waals surface area contributed by atoms with Gasteiger partial charge in [0.05, 0.1) is 11.6 Å². The van der Waals surface area contributed by atoms with E-state index in [1.54, 1.807) is 19.1 Å². The summed E-state index contributed by atoms with van der Waals surface area (Å²) in [7, 11) is -3.32. The molecule has 0 saturated carbocycles. The Morgan fingerprint density at radius 2 is 2.00 bits per heavy atom. The lowest BCUT2D eigenvalue weighted by atomic mass is 10.0. The SMILES string of the molecule is C[C@H](/C=C/S(C)(=O)=O)NC(=O)c1ccc(N2CCC[C@H]2c2ccc(F)cc2Cl)cc1F. The van der Waals surface area contributed by atoms with E-state index in [9.17, 15) is 22.0 Å². The van der Waals surface area contributed by atoms with Crippen molar-refractivity contribution in [1.29, 1.82) is 0 Å². The quantitative estimate of drug-likeness (QED) is 0.671. The first-order chi connectivity index (χ1) is 14.5. The van der Waals surface area contributed by atoms with Gasteiger partial charge in [-0.2, -0.15) is 0 Å². The van der Waals surface area contributed by atoms with Gasteiger partial charge < -0.3 is 10.2 Å². The molecule has 3 rings (SSSR count). The van der Waals surface area contributed by atoms with E-state index in [2.05, 4.69) is 5.32 Å². The van der Waals surface area contributed by atoms with Crippen molar-refractivity contribution in [3.8, 4) is 0 Å². The fraction of sp³-hybridized carbons (Fsp3) is 0.318. The molecule has 9 heteroatoms. The maximum absolute atomic E-state index is 14.8. The minimum atomic E-state index is -3.32. The van der Waals surface area contributed by atoms with Gasteiger partial charge in [0, 0.05) is 35.0 Å². The first kappa shape index (κ1) is 23.2. The van der Waals surface area contributed by atoms with Crippen LogP contribution >= 0.6 is 11.6 Å². The summed E-state index contributed by atoms with van der Waals surface area (Å²) < 4.78 is 50.5. The van der Waals surface area contributed by atoms with Crippen LogP contribution in [0.1, 0.15) is 41.7 Å². The number of benzene rings is 2. The second kappa shape index (κ2) is 9.36. The van der Waals surface area contributed by atoms with E-state index < -0.39 is 33.4 Å². The number of amides is 1. The van der Waals surface area contributed by atoms with Gasteiger partial charge in [0.15, 0.2) is 9.84 Å². The summed E-state index contributed by atoms with van der Waals surface area (Å²) in [5, 5.41) is 3.86. The van der Waals surface area contributed by atoms with Gasteiger partial charge in [-0.1, -0.05) is 23.7 Å². The van der Waals surface area contributed by atoms with Crippen molar-refractivity contribution in [3.05, 3.63) is 75.7 Å². The van der Waals surface area contributed by atoms with Crippen LogP contribution in [0.2, 0.25) is 5.02 Å². The van der Waals surface area contributed by atoms with Crippen LogP contribution in [-0.4, -0.2) is 33.2 Å². The summed E-state index contributed by atoms with van der Waals surface area (Å²) in [4.78, 5) is 14.4. The van der Waals surface area contributed by atoms with E-state index in [4.69, 9.17) is 11.6 Å². The zero-order chi connectivity index (χ0) is 22.8. The van der Waals surface area contributed by atoms with Gasteiger partial charge >= 0.3 is 0 Å². The molecular weight excluding hydrogens is 446 g/mol. The molecule has 1 aliphatic heterocycles. The molecule has 0 spiro atoms. The highest BCUT2D eigenvalue weighted by Crippen LogP contribution is 2.39. The van der Waals surface area contributed by atoms with Gasteiger partial charge in [-0.05, 0) is 55.7 Å². The Balaban J connectivity index is 1.78.